The summed E-state index contributed by atoms with van der Waals surface area (Å²) in [6, 6.07) is 6.65. The van der Waals surface area contributed by atoms with Gasteiger partial charge >= 0.3 is 0 Å². The third-order valence-corrected chi connectivity index (χ3v) is 2.32. The number of benzene rings is 2. The van der Waals surface area contributed by atoms with Crippen molar-refractivity contribution in [2.45, 2.75) is 0 Å². The van der Waals surface area contributed by atoms with Gasteiger partial charge < -0.3 is 5.43 Å². The Morgan fingerprint density at radius 2 is 1.75 bits per heavy atom. The third kappa shape index (κ3) is 1.33. The monoisotopic (exact) mass is 215 g/mol. The summed E-state index contributed by atoms with van der Waals surface area (Å²) in [6.45, 7) is 0. The second kappa shape index (κ2) is 3.69. The Morgan fingerprint density at radius 3 is 2.38 bits per heavy atom. The van der Waals surface area contributed by atoms with Crippen molar-refractivity contribution < 1.29 is 0 Å². The van der Waals surface area contributed by atoms with E-state index >= 15 is 0 Å². The van der Waals surface area contributed by atoms with Crippen LogP contribution in [-0.2, 0) is 0 Å². The van der Waals surface area contributed by atoms with Crippen molar-refractivity contribution in [3.05, 3.63) is 55.4 Å². The lowest BCUT2D eigenvalue weighted by atomic mass is 10.1. The van der Waals surface area contributed by atoms with E-state index in [1.54, 1.807) is 31.3 Å². The van der Waals surface area contributed by atoms with Crippen molar-refractivity contribution >= 4 is 10.8 Å². The Balaban J connectivity index is 3.25. The highest BCUT2D eigenvalue weighted by Crippen LogP contribution is 2.00. The maximum Gasteiger partial charge on any atom is 0.253 e. The lowest BCUT2D eigenvalue weighted by molar-refractivity contribution is 0.851. The lowest BCUT2D eigenvalue weighted by Crippen LogP contribution is -2.47. The molecule has 0 radical (unpaired) electrons. The van der Waals surface area contributed by atoms with Crippen LogP contribution in [0.1, 0.15) is 0 Å². The topological polar surface area (TPSA) is 82.4 Å². The van der Waals surface area contributed by atoms with E-state index in [2.05, 4.69) is 10.5 Å². The Hall–Kier alpha value is -2.30. The zero-order valence-electron chi connectivity index (χ0n) is 8.57. The standard InChI is InChI=1S/C11H9N3O2/c1-13-14-9-6-4-2-3-5-7(6)10(15)11(16)8(9)12/h2-5,12-13H,1H3/b12-8?,14-9-. The van der Waals surface area contributed by atoms with Gasteiger partial charge in [-0.1, -0.05) is 24.3 Å². The van der Waals surface area contributed by atoms with E-state index in [1.165, 1.54) is 0 Å². The highest BCUT2D eigenvalue weighted by atomic mass is 16.2. The summed E-state index contributed by atoms with van der Waals surface area (Å²) in [7, 11) is 1.57. The second-order valence-electron chi connectivity index (χ2n) is 3.26. The maximum atomic E-state index is 11.6. The molecule has 5 heteroatoms. The van der Waals surface area contributed by atoms with Gasteiger partial charge in [-0.05, 0) is 0 Å². The average molecular weight is 215 g/mol. The van der Waals surface area contributed by atoms with Gasteiger partial charge in [0.1, 0.15) is 10.7 Å². The van der Waals surface area contributed by atoms with Crippen molar-refractivity contribution in [2.75, 3.05) is 7.05 Å². The lowest BCUT2D eigenvalue weighted by Gasteiger charge is -1.96. The first-order valence-corrected chi connectivity index (χ1v) is 4.68. The van der Waals surface area contributed by atoms with Gasteiger partial charge in [-0.2, -0.15) is 5.10 Å². The molecule has 0 amide bonds. The molecule has 80 valence electrons. The van der Waals surface area contributed by atoms with Gasteiger partial charge in [-0.15, -0.1) is 0 Å². The molecule has 0 saturated heterocycles. The summed E-state index contributed by atoms with van der Waals surface area (Å²) >= 11 is 0. The van der Waals surface area contributed by atoms with Crippen LogP contribution in [0.15, 0.2) is 39.0 Å². The quantitative estimate of drug-likeness (QED) is 0.470. The minimum Gasteiger partial charge on any atom is -0.312 e. The number of fused-ring (bicyclic) bond motifs is 1. The fraction of sp³-hybridized carbons (Fsp3) is 0.0909. The van der Waals surface area contributed by atoms with E-state index in [1.807, 2.05) is 0 Å². The molecule has 0 bridgehead atoms. The largest absolute Gasteiger partial charge is 0.312 e. The minimum absolute atomic E-state index is 0.211. The van der Waals surface area contributed by atoms with Gasteiger partial charge in [-0.25, -0.2) is 0 Å². The van der Waals surface area contributed by atoms with E-state index in [0.29, 0.717) is 10.8 Å². The van der Waals surface area contributed by atoms with Gasteiger partial charge in [0.2, 0.25) is 5.43 Å². The van der Waals surface area contributed by atoms with Crippen LogP contribution in [0.5, 0.6) is 0 Å². The highest BCUT2D eigenvalue weighted by molar-refractivity contribution is 5.81. The summed E-state index contributed by atoms with van der Waals surface area (Å²) in [5, 5.41) is 12.1. The third-order valence-electron chi connectivity index (χ3n) is 2.32. The molecule has 2 aromatic rings. The van der Waals surface area contributed by atoms with E-state index in [9.17, 15) is 9.59 Å². The van der Waals surface area contributed by atoms with Crippen LogP contribution >= 0.6 is 0 Å². The zero-order valence-corrected chi connectivity index (χ0v) is 8.57. The molecule has 0 atom stereocenters. The summed E-state index contributed by atoms with van der Waals surface area (Å²) in [6.07, 6.45) is 0. The highest BCUT2D eigenvalue weighted by Gasteiger charge is 2.07. The van der Waals surface area contributed by atoms with E-state index < -0.39 is 10.9 Å². The van der Waals surface area contributed by atoms with Crippen LogP contribution in [0, 0.1) is 5.41 Å². The van der Waals surface area contributed by atoms with Crippen LogP contribution in [0.25, 0.3) is 10.8 Å². The molecular formula is C11H9N3O2. The summed E-state index contributed by atoms with van der Waals surface area (Å²) in [5.41, 5.74) is 1.07. The van der Waals surface area contributed by atoms with Gasteiger partial charge in [0.15, 0.2) is 0 Å². The molecule has 0 aromatic heterocycles. The van der Waals surface area contributed by atoms with Crippen LogP contribution in [0.4, 0.5) is 0 Å². The smallest absolute Gasteiger partial charge is 0.253 e. The van der Waals surface area contributed by atoms with Gasteiger partial charge in [0, 0.05) is 17.8 Å². The molecule has 0 unspecified atom stereocenters. The first kappa shape index (κ1) is 10.2. The first-order valence-electron chi connectivity index (χ1n) is 4.68. The Kier molecular flexibility index (Phi) is 2.36. The number of rotatable bonds is 1. The molecule has 0 heterocycles. The minimum atomic E-state index is -0.812. The maximum absolute atomic E-state index is 11.6. The van der Waals surface area contributed by atoms with Crippen LogP contribution in [-0.4, -0.2) is 7.05 Å². The number of nitrogens with one attached hydrogen (secondary N) is 2. The summed E-state index contributed by atoms with van der Waals surface area (Å²) in [4.78, 5) is 23.1. The van der Waals surface area contributed by atoms with Gasteiger partial charge in [0.05, 0.1) is 0 Å². The molecule has 16 heavy (non-hydrogen) atoms. The second-order valence-corrected chi connectivity index (χ2v) is 3.26. The molecule has 2 aromatic carbocycles. The molecular weight excluding hydrogens is 206 g/mol. The van der Waals surface area contributed by atoms with Crippen molar-refractivity contribution in [3.8, 4) is 0 Å². The predicted octanol–water partition coefficient (Wildman–Crippen LogP) is -1.05. The van der Waals surface area contributed by atoms with E-state index in [0.717, 1.165) is 0 Å². The molecule has 0 saturated carbocycles. The molecule has 0 aliphatic heterocycles. The Morgan fingerprint density at radius 1 is 1.12 bits per heavy atom. The van der Waals surface area contributed by atoms with Crippen molar-refractivity contribution in [2.24, 2.45) is 5.10 Å². The molecule has 2 rings (SSSR count). The Bertz CT molecular complexity index is 755. The molecule has 0 fully saturated rings. The van der Waals surface area contributed by atoms with Crippen LogP contribution < -0.4 is 27.0 Å². The fourth-order valence-electron chi connectivity index (χ4n) is 1.59. The van der Waals surface area contributed by atoms with Gasteiger partial charge in [0.25, 0.3) is 5.43 Å². The average Bonchev–Trinajstić information content (AvgIpc) is 2.32. The van der Waals surface area contributed by atoms with Crippen molar-refractivity contribution in [3.63, 3.8) is 0 Å². The zero-order chi connectivity index (χ0) is 11.7. The number of hydrogen-bond acceptors (Lipinski definition) is 5. The Labute approximate surface area is 89.9 Å². The van der Waals surface area contributed by atoms with Crippen LogP contribution in [0.2, 0.25) is 0 Å². The molecule has 0 aliphatic carbocycles. The first-order chi connectivity index (χ1) is 7.66. The summed E-state index contributed by atoms with van der Waals surface area (Å²) < 4.78 is 0. The summed E-state index contributed by atoms with van der Waals surface area (Å²) in [5.74, 6) is 0. The molecule has 0 aliphatic rings. The van der Waals surface area contributed by atoms with Crippen molar-refractivity contribution in [1.29, 1.82) is 5.41 Å². The number of nitrogens with zero attached hydrogens (tertiary/aromatic N) is 1. The fourth-order valence-corrected chi connectivity index (χ4v) is 1.59. The van der Waals surface area contributed by atoms with Crippen LogP contribution in [0.3, 0.4) is 0 Å². The molecule has 0 spiro atoms. The predicted molar refractivity (Wildman–Crippen MR) is 59.3 cm³/mol. The van der Waals surface area contributed by atoms with E-state index in [-0.39, 0.29) is 10.7 Å². The normalized spacial score (nSPS) is 11.9. The number of hydrogen-bond donors (Lipinski definition) is 2. The SMILES string of the molecule is CN/N=c1\c(=N)c(=O)c(=O)c2ccccc12. The van der Waals surface area contributed by atoms with Gasteiger partial charge in [-0.3, -0.25) is 15.0 Å². The molecule has 2 N–H and O–H groups in total. The van der Waals surface area contributed by atoms with Crippen molar-refractivity contribution in [1.82, 2.24) is 5.43 Å². The molecule has 5 nitrogen and oxygen atoms in total. The van der Waals surface area contributed by atoms with E-state index in [4.69, 9.17) is 5.41 Å².